The fourth-order valence-electron chi connectivity index (χ4n) is 2.81. The summed E-state index contributed by atoms with van der Waals surface area (Å²) in [6.07, 6.45) is 9.93. The summed E-state index contributed by atoms with van der Waals surface area (Å²) in [4.78, 5) is 23.2. The first-order valence-corrected chi connectivity index (χ1v) is 9.05. The van der Waals surface area contributed by atoms with Gasteiger partial charge >= 0.3 is 5.97 Å². The first-order valence-electron chi connectivity index (χ1n) is 7.66. The summed E-state index contributed by atoms with van der Waals surface area (Å²) < 4.78 is 0. The lowest BCUT2D eigenvalue weighted by atomic mass is 9.78. The Hall–Kier alpha value is -0.710. The fourth-order valence-corrected chi connectivity index (χ4v) is 3.30. The van der Waals surface area contributed by atoms with Crippen LogP contribution in [0.15, 0.2) is 0 Å². The summed E-state index contributed by atoms with van der Waals surface area (Å²) >= 11 is 1.87. The SMILES string of the molecule is CSCCCCCCNC(=O)[C@@H]1CCCC[C@@H]1C(=O)O. The van der Waals surface area contributed by atoms with Crippen LogP contribution in [0.3, 0.4) is 0 Å². The molecule has 1 fully saturated rings. The standard InChI is InChI=1S/C15H27NO3S/c1-20-11-7-3-2-6-10-16-14(17)12-8-4-5-9-13(12)15(18)19/h12-13H,2-11H2,1H3,(H,16,17)(H,18,19)/t12-,13+/m1/s1. The van der Waals surface area contributed by atoms with Gasteiger partial charge in [0, 0.05) is 6.54 Å². The molecule has 0 unspecified atom stereocenters. The summed E-state index contributed by atoms with van der Waals surface area (Å²) in [5, 5.41) is 12.1. The average Bonchev–Trinajstić information content (AvgIpc) is 2.46. The highest BCUT2D eigenvalue weighted by atomic mass is 32.2. The van der Waals surface area contributed by atoms with Crippen LogP contribution in [0.1, 0.15) is 51.4 Å². The maximum atomic E-state index is 12.1. The largest absolute Gasteiger partial charge is 0.481 e. The van der Waals surface area contributed by atoms with Crippen molar-refractivity contribution in [3.63, 3.8) is 0 Å². The third-order valence-electron chi connectivity index (χ3n) is 3.99. The number of rotatable bonds is 9. The molecule has 1 aliphatic rings. The molecule has 20 heavy (non-hydrogen) atoms. The maximum Gasteiger partial charge on any atom is 0.307 e. The minimum Gasteiger partial charge on any atom is -0.481 e. The Balaban J connectivity index is 2.19. The number of carbonyl (C=O) groups is 2. The number of unbranched alkanes of at least 4 members (excludes halogenated alkanes) is 3. The van der Waals surface area contributed by atoms with Crippen LogP contribution < -0.4 is 5.32 Å². The highest BCUT2D eigenvalue weighted by Crippen LogP contribution is 2.30. The number of carbonyl (C=O) groups excluding carboxylic acids is 1. The molecule has 1 rings (SSSR count). The van der Waals surface area contributed by atoms with Crippen molar-refractivity contribution in [1.82, 2.24) is 5.32 Å². The van der Waals surface area contributed by atoms with Gasteiger partial charge < -0.3 is 10.4 Å². The van der Waals surface area contributed by atoms with Crippen molar-refractivity contribution < 1.29 is 14.7 Å². The molecule has 4 nitrogen and oxygen atoms in total. The average molecular weight is 301 g/mol. The Bertz CT molecular complexity index is 309. The molecule has 1 amide bonds. The van der Waals surface area contributed by atoms with Gasteiger partial charge in [0.25, 0.3) is 0 Å². The lowest BCUT2D eigenvalue weighted by Crippen LogP contribution is -2.40. The number of carboxylic acid groups (broad SMARTS) is 1. The first-order chi connectivity index (χ1) is 9.66. The van der Waals surface area contributed by atoms with Crippen molar-refractivity contribution in [2.24, 2.45) is 11.8 Å². The predicted molar refractivity (Wildman–Crippen MR) is 82.9 cm³/mol. The molecule has 0 spiro atoms. The molecular weight excluding hydrogens is 274 g/mol. The van der Waals surface area contributed by atoms with Crippen LogP contribution in [-0.2, 0) is 9.59 Å². The van der Waals surface area contributed by atoms with Crippen LogP contribution >= 0.6 is 11.8 Å². The Labute approximate surface area is 126 Å². The zero-order valence-corrected chi connectivity index (χ0v) is 13.2. The van der Waals surface area contributed by atoms with Gasteiger partial charge in [-0.15, -0.1) is 0 Å². The van der Waals surface area contributed by atoms with Gasteiger partial charge in [-0.1, -0.05) is 25.7 Å². The first kappa shape index (κ1) is 17.3. The Morgan fingerprint density at radius 1 is 1.10 bits per heavy atom. The quantitative estimate of drug-likeness (QED) is 0.643. The van der Waals surface area contributed by atoms with Gasteiger partial charge in [0.2, 0.25) is 5.91 Å². The van der Waals surface area contributed by atoms with Gasteiger partial charge in [-0.3, -0.25) is 9.59 Å². The van der Waals surface area contributed by atoms with Crippen LogP contribution in [0.2, 0.25) is 0 Å². The summed E-state index contributed by atoms with van der Waals surface area (Å²) in [6.45, 7) is 0.681. The lowest BCUT2D eigenvalue weighted by molar-refractivity contribution is -0.148. The summed E-state index contributed by atoms with van der Waals surface area (Å²) in [5.41, 5.74) is 0. The maximum absolute atomic E-state index is 12.1. The number of hydrogen-bond donors (Lipinski definition) is 2. The van der Waals surface area contributed by atoms with Crippen molar-refractivity contribution >= 4 is 23.6 Å². The number of carboxylic acids is 1. The summed E-state index contributed by atoms with van der Waals surface area (Å²) in [7, 11) is 0. The van der Waals surface area contributed by atoms with E-state index in [2.05, 4.69) is 11.6 Å². The molecule has 0 bridgehead atoms. The normalized spacial score (nSPS) is 22.4. The van der Waals surface area contributed by atoms with E-state index >= 15 is 0 Å². The monoisotopic (exact) mass is 301 g/mol. The zero-order valence-electron chi connectivity index (χ0n) is 12.4. The van der Waals surface area contributed by atoms with Crippen LogP contribution in [0.4, 0.5) is 0 Å². The van der Waals surface area contributed by atoms with E-state index in [1.54, 1.807) is 0 Å². The van der Waals surface area contributed by atoms with Crippen LogP contribution in [0, 0.1) is 11.8 Å². The van der Waals surface area contributed by atoms with Gasteiger partial charge in [-0.2, -0.15) is 11.8 Å². The molecular formula is C15H27NO3S. The number of amides is 1. The second-order valence-corrected chi connectivity index (χ2v) is 6.52. The van der Waals surface area contributed by atoms with E-state index in [1.807, 2.05) is 11.8 Å². The van der Waals surface area contributed by atoms with Crippen molar-refractivity contribution in [3.05, 3.63) is 0 Å². The topological polar surface area (TPSA) is 66.4 Å². The van der Waals surface area contributed by atoms with Crippen LogP contribution in [0.25, 0.3) is 0 Å². The highest BCUT2D eigenvalue weighted by molar-refractivity contribution is 7.98. The van der Waals surface area contributed by atoms with E-state index in [0.29, 0.717) is 13.0 Å². The highest BCUT2D eigenvalue weighted by Gasteiger charge is 2.35. The smallest absolute Gasteiger partial charge is 0.307 e. The van der Waals surface area contributed by atoms with Crippen molar-refractivity contribution in [3.8, 4) is 0 Å². The molecule has 1 saturated carbocycles. The Morgan fingerprint density at radius 3 is 2.40 bits per heavy atom. The molecule has 0 heterocycles. The molecule has 0 aliphatic heterocycles. The molecule has 2 N–H and O–H groups in total. The number of aliphatic carboxylic acids is 1. The molecule has 0 aromatic rings. The van der Waals surface area contributed by atoms with Crippen molar-refractivity contribution in [2.75, 3.05) is 18.6 Å². The van der Waals surface area contributed by atoms with Crippen LogP contribution in [-0.4, -0.2) is 35.5 Å². The van der Waals surface area contributed by atoms with E-state index < -0.39 is 11.9 Å². The lowest BCUT2D eigenvalue weighted by Gasteiger charge is -2.27. The van der Waals surface area contributed by atoms with Gasteiger partial charge in [-0.05, 0) is 37.7 Å². The van der Waals surface area contributed by atoms with E-state index in [9.17, 15) is 9.59 Å². The molecule has 0 saturated heterocycles. The third kappa shape index (κ3) is 6.16. The molecule has 116 valence electrons. The fraction of sp³-hybridized carbons (Fsp3) is 0.867. The van der Waals surface area contributed by atoms with Crippen molar-refractivity contribution in [2.45, 2.75) is 51.4 Å². The summed E-state index contributed by atoms with van der Waals surface area (Å²) in [5.74, 6) is -0.472. The van der Waals surface area contributed by atoms with Gasteiger partial charge in [0.15, 0.2) is 0 Å². The predicted octanol–water partition coefficient (Wildman–Crippen LogP) is 2.92. The van der Waals surface area contributed by atoms with Crippen LogP contribution in [0.5, 0.6) is 0 Å². The minimum absolute atomic E-state index is 0.0544. The van der Waals surface area contributed by atoms with Gasteiger partial charge in [-0.25, -0.2) is 0 Å². The number of thioether (sulfide) groups is 1. The molecule has 2 atom stereocenters. The van der Waals surface area contributed by atoms with Gasteiger partial charge in [0.1, 0.15) is 0 Å². The van der Waals surface area contributed by atoms with Crippen molar-refractivity contribution in [1.29, 1.82) is 0 Å². The van der Waals surface area contributed by atoms with Gasteiger partial charge in [0.05, 0.1) is 11.8 Å². The Kier molecular flexibility index (Phi) is 8.74. The molecule has 1 aliphatic carbocycles. The number of nitrogens with one attached hydrogen (secondary N) is 1. The third-order valence-corrected chi connectivity index (χ3v) is 4.69. The van der Waals surface area contributed by atoms with E-state index in [1.165, 1.54) is 18.6 Å². The molecule has 0 aromatic carbocycles. The second kappa shape index (κ2) is 10.1. The minimum atomic E-state index is -0.818. The zero-order chi connectivity index (χ0) is 14.8. The van der Waals surface area contributed by atoms with E-state index in [0.717, 1.165) is 32.1 Å². The molecule has 5 heteroatoms. The molecule has 0 aromatic heterocycles. The van der Waals surface area contributed by atoms with E-state index in [4.69, 9.17) is 5.11 Å². The summed E-state index contributed by atoms with van der Waals surface area (Å²) in [6, 6.07) is 0. The number of hydrogen-bond acceptors (Lipinski definition) is 3. The molecule has 0 radical (unpaired) electrons. The Morgan fingerprint density at radius 2 is 1.75 bits per heavy atom. The second-order valence-electron chi connectivity index (χ2n) is 5.53. The van der Waals surface area contributed by atoms with E-state index in [-0.39, 0.29) is 11.8 Å².